The van der Waals surface area contributed by atoms with E-state index in [2.05, 4.69) is 5.32 Å². The third kappa shape index (κ3) is 2.85. The summed E-state index contributed by atoms with van der Waals surface area (Å²) in [6.45, 7) is 0.837. The molecule has 1 saturated heterocycles. The second-order valence-electron chi connectivity index (χ2n) is 4.13. The van der Waals surface area contributed by atoms with E-state index in [0.29, 0.717) is 5.56 Å². The quantitative estimate of drug-likeness (QED) is 0.881. The van der Waals surface area contributed by atoms with Gasteiger partial charge in [-0.05, 0) is 30.7 Å². The molecule has 1 aromatic rings. The van der Waals surface area contributed by atoms with Gasteiger partial charge in [0.15, 0.2) is 5.78 Å². The Balaban J connectivity index is 2.00. The first-order valence-corrected chi connectivity index (χ1v) is 5.39. The molecule has 0 aromatic heterocycles. The average molecular weight is 243 g/mol. The molecule has 5 heteroatoms. The highest BCUT2D eigenvalue weighted by Gasteiger charge is 2.30. The predicted octanol–water partition coefficient (Wildman–Crippen LogP) is 2.18. The first kappa shape index (κ1) is 12.1. The number of hydrogen-bond acceptors (Lipinski definition) is 2. The summed E-state index contributed by atoms with van der Waals surface area (Å²) < 4.78 is 36.9. The first-order valence-electron chi connectivity index (χ1n) is 5.39. The van der Waals surface area contributed by atoms with E-state index in [-0.39, 0.29) is 18.2 Å². The molecule has 1 atom stereocenters. The van der Waals surface area contributed by atoms with Crippen LogP contribution >= 0.6 is 0 Å². The van der Waals surface area contributed by atoms with Gasteiger partial charge in [-0.15, -0.1) is 0 Å². The highest BCUT2D eigenvalue weighted by molar-refractivity contribution is 5.86. The van der Waals surface area contributed by atoms with Crippen molar-refractivity contribution in [2.75, 3.05) is 6.54 Å². The summed E-state index contributed by atoms with van der Waals surface area (Å²) in [5, 5.41) is 2.97. The van der Waals surface area contributed by atoms with Crippen LogP contribution in [0.5, 0.6) is 0 Å². The zero-order valence-electron chi connectivity index (χ0n) is 9.05. The Morgan fingerprint density at radius 2 is 1.88 bits per heavy atom. The molecule has 1 aliphatic heterocycles. The van der Waals surface area contributed by atoms with Crippen LogP contribution in [0.4, 0.5) is 13.2 Å². The van der Waals surface area contributed by atoms with Gasteiger partial charge in [0, 0.05) is 6.42 Å². The fourth-order valence-electron chi connectivity index (χ4n) is 1.70. The fraction of sp³-hybridized carbons (Fsp3) is 0.417. The molecule has 1 unspecified atom stereocenters. The molecular formula is C12H12F3NO. The van der Waals surface area contributed by atoms with E-state index in [4.69, 9.17) is 0 Å². The zero-order valence-corrected chi connectivity index (χ0v) is 9.05. The predicted molar refractivity (Wildman–Crippen MR) is 56.6 cm³/mol. The minimum absolute atomic E-state index is 0.0380. The maximum atomic E-state index is 12.3. The van der Waals surface area contributed by atoms with Crippen LogP contribution in [-0.2, 0) is 17.4 Å². The maximum Gasteiger partial charge on any atom is 0.416 e. The molecule has 0 saturated carbocycles. The van der Waals surface area contributed by atoms with Crippen molar-refractivity contribution in [2.24, 2.45) is 0 Å². The molecule has 92 valence electrons. The summed E-state index contributed by atoms with van der Waals surface area (Å²) in [4.78, 5) is 11.6. The number of benzene rings is 1. The Labute approximate surface area is 96.8 Å². The Morgan fingerprint density at radius 1 is 1.29 bits per heavy atom. The molecule has 1 N–H and O–H groups in total. The molecule has 0 aliphatic carbocycles. The number of halogens is 3. The highest BCUT2D eigenvalue weighted by atomic mass is 19.4. The SMILES string of the molecule is O=C(Cc1ccc(C(F)(F)F)cc1)C1CCN1. The van der Waals surface area contributed by atoms with Crippen LogP contribution in [0.1, 0.15) is 17.5 Å². The number of nitrogens with one attached hydrogen (secondary N) is 1. The van der Waals surface area contributed by atoms with E-state index in [1.807, 2.05) is 0 Å². The van der Waals surface area contributed by atoms with Gasteiger partial charge in [0.1, 0.15) is 0 Å². The standard InChI is InChI=1S/C12H12F3NO/c13-12(14,15)9-3-1-8(2-4-9)7-11(17)10-5-6-16-10/h1-4,10,16H,5-7H2. The molecule has 2 nitrogen and oxygen atoms in total. The van der Waals surface area contributed by atoms with Crippen LogP contribution in [0.25, 0.3) is 0 Å². The number of ketones is 1. The van der Waals surface area contributed by atoms with Gasteiger partial charge < -0.3 is 5.32 Å². The van der Waals surface area contributed by atoms with Gasteiger partial charge in [-0.1, -0.05) is 12.1 Å². The summed E-state index contributed by atoms with van der Waals surface area (Å²) >= 11 is 0. The number of Topliss-reactive ketones (excluding diaryl/α,β-unsaturated/α-hetero) is 1. The lowest BCUT2D eigenvalue weighted by molar-refractivity contribution is -0.137. The normalized spacial score (nSPS) is 19.8. The molecule has 0 radical (unpaired) electrons. The van der Waals surface area contributed by atoms with E-state index in [1.54, 1.807) is 0 Å². The van der Waals surface area contributed by atoms with Crippen molar-refractivity contribution < 1.29 is 18.0 Å². The zero-order chi connectivity index (χ0) is 12.5. The van der Waals surface area contributed by atoms with E-state index in [0.717, 1.165) is 25.1 Å². The van der Waals surface area contributed by atoms with E-state index < -0.39 is 11.7 Å². The number of carbonyl (C=O) groups is 1. The Hall–Kier alpha value is -1.36. The summed E-state index contributed by atoms with van der Waals surface area (Å²) in [7, 11) is 0. The Bertz CT molecular complexity index is 407. The van der Waals surface area contributed by atoms with Crippen molar-refractivity contribution in [3.05, 3.63) is 35.4 Å². The van der Waals surface area contributed by atoms with Crippen LogP contribution in [-0.4, -0.2) is 18.4 Å². The summed E-state index contributed by atoms with van der Waals surface area (Å²) in [5.74, 6) is 0.0380. The molecule has 2 rings (SSSR count). The molecule has 1 fully saturated rings. The van der Waals surface area contributed by atoms with Crippen molar-refractivity contribution in [3.8, 4) is 0 Å². The molecule has 0 amide bonds. The number of rotatable bonds is 3. The molecule has 0 spiro atoms. The van der Waals surface area contributed by atoms with Gasteiger partial charge in [-0.2, -0.15) is 13.2 Å². The lowest BCUT2D eigenvalue weighted by Gasteiger charge is -2.26. The second-order valence-corrected chi connectivity index (χ2v) is 4.13. The molecular weight excluding hydrogens is 231 g/mol. The molecule has 1 heterocycles. The monoisotopic (exact) mass is 243 g/mol. The number of carbonyl (C=O) groups excluding carboxylic acids is 1. The minimum atomic E-state index is -4.32. The Morgan fingerprint density at radius 3 is 2.29 bits per heavy atom. The highest BCUT2D eigenvalue weighted by Crippen LogP contribution is 2.29. The van der Waals surface area contributed by atoms with E-state index in [1.165, 1.54) is 12.1 Å². The molecule has 1 aliphatic rings. The van der Waals surface area contributed by atoms with Crippen LogP contribution in [0.15, 0.2) is 24.3 Å². The molecule has 0 bridgehead atoms. The largest absolute Gasteiger partial charge is 0.416 e. The summed E-state index contributed by atoms with van der Waals surface area (Å²) in [6.07, 6.45) is -3.31. The maximum absolute atomic E-state index is 12.3. The van der Waals surface area contributed by atoms with E-state index >= 15 is 0 Å². The fourth-order valence-corrected chi connectivity index (χ4v) is 1.70. The molecule has 17 heavy (non-hydrogen) atoms. The second kappa shape index (κ2) is 4.49. The Kier molecular flexibility index (Phi) is 3.19. The van der Waals surface area contributed by atoms with Crippen LogP contribution in [0.2, 0.25) is 0 Å². The van der Waals surface area contributed by atoms with Crippen molar-refractivity contribution >= 4 is 5.78 Å². The van der Waals surface area contributed by atoms with Crippen LogP contribution < -0.4 is 5.32 Å². The van der Waals surface area contributed by atoms with Gasteiger partial charge in [-0.3, -0.25) is 4.79 Å². The first-order chi connectivity index (χ1) is 7.97. The topological polar surface area (TPSA) is 29.1 Å². The van der Waals surface area contributed by atoms with Gasteiger partial charge in [0.05, 0.1) is 11.6 Å². The minimum Gasteiger partial charge on any atom is -0.307 e. The average Bonchev–Trinajstić information content (AvgIpc) is 2.13. The molecule has 1 aromatic carbocycles. The van der Waals surface area contributed by atoms with Gasteiger partial charge in [-0.25, -0.2) is 0 Å². The van der Waals surface area contributed by atoms with Crippen LogP contribution in [0, 0.1) is 0 Å². The number of alkyl halides is 3. The number of hydrogen-bond donors (Lipinski definition) is 1. The van der Waals surface area contributed by atoms with Gasteiger partial charge >= 0.3 is 6.18 Å². The summed E-state index contributed by atoms with van der Waals surface area (Å²) in [5.41, 5.74) is -0.0628. The smallest absolute Gasteiger partial charge is 0.307 e. The van der Waals surface area contributed by atoms with Crippen molar-refractivity contribution in [1.29, 1.82) is 0 Å². The third-order valence-electron chi connectivity index (χ3n) is 2.87. The van der Waals surface area contributed by atoms with E-state index in [9.17, 15) is 18.0 Å². The van der Waals surface area contributed by atoms with Crippen molar-refractivity contribution in [1.82, 2.24) is 5.32 Å². The van der Waals surface area contributed by atoms with Crippen molar-refractivity contribution in [3.63, 3.8) is 0 Å². The van der Waals surface area contributed by atoms with Gasteiger partial charge in [0.25, 0.3) is 0 Å². The van der Waals surface area contributed by atoms with Crippen molar-refractivity contribution in [2.45, 2.75) is 25.1 Å². The summed E-state index contributed by atoms with van der Waals surface area (Å²) in [6, 6.07) is 4.63. The lowest BCUT2D eigenvalue weighted by Crippen LogP contribution is -2.49. The lowest BCUT2D eigenvalue weighted by atomic mass is 9.96. The van der Waals surface area contributed by atoms with Gasteiger partial charge in [0.2, 0.25) is 0 Å². The van der Waals surface area contributed by atoms with Crippen LogP contribution in [0.3, 0.4) is 0 Å². The third-order valence-corrected chi connectivity index (χ3v) is 2.87.